The zero-order chi connectivity index (χ0) is 17.6. The number of halogens is 1. The van der Waals surface area contributed by atoms with Gasteiger partial charge in [0.05, 0.1) is 6.20 Å². The molecule has 0 unspecified atom stereocenters. The number of amides is 1. The normalized spacial score (nSPS) is 25.2. The Morgan fingerprint density at radius 2 is 2.36 bits per heavy atom. The Labute approximate surface area is 155 Å². The first-order chi connectivity index (χ1) is 11.9. The molecule has 4 heterocycles. The lowest BCUT2D eigenvalue weighted by atomic mass is 9.95. The molecule has 1 saturated heterocycles. The topological polar surface area (TPSA) is 67.4 Å². The van der Waals surface area contributed by atoms with Crippen LogP contribution in [0.4, 0.5) is 5.13 Å². The molecule has 132 valence electrons. The summed E-state index contributed by atoms with van der Waals surface area (Å²) in [5.74, 6) is 0.753. The zero-order valence-corrected chi connectivity index (χ0v) is 15.7. The van der Waals surface area contributed by atoms with E-state index in [9.17, 15) is 4.79 Å². The molecule has 0 aliphatic carbocycles. The number of carbonyl (C=O) groups is 1. The molecule has 2 aromatic heterocycles. The minimum absolute atomic E-state index is 0.0983. The zero-order valence-electron chi connectivity index (χ0n) is 14.1. The molecule has 1 amide bonds. The van der Waals surface area contributed by atoms with Gasteiger partial charge in [0.15, 0.2) is 5.13 Å². The summed E-state index contributed by atoms with van der Waals surface area (Å²) in [7, 11) is 0. The van der Waals surface area contributed by atoms with E-state index in [1.54, 1.807) is 6.20 Å². The summed E-state index contributed by atoms with van der Waals surface area (Å²) in [5, 5.41) is 3.89. The van der Waals surface area contributed by atoms with E-state index in [0.29, 0.717) is 16.3 Å². The Morgan fingerprint density at radius 1 is 1.52 bits per heavy atom. The molecule has 1 N–H and O–H groups in total. The first kappa shape index (κ1) is 16.8. The van der Waals surface area contributed by atoms with E-state index in [-0.39, 0.29) is 11.5 Å². The highest BCUT2D eigenvalue weighted by Gasteiger charge is 2.48. The van der Waals surface area contributed by atoms with Gasteiger partial charge in [0.1, 0.15) is 16.5 Å². The van der Waals surface area contributed by atoms with Crippen LogP contribution in [0.25, 0.3) is 0 Å². The molecule has 0 saturated carbocycles. The number of fused-ring (bicyclic) bond motifs is 1. The van der Waals surface area contributed by atoms with Crippen molar-refractivity contribution in [3.63, 3.8) is 0 Å². The van der Waals surface area contributed by atoms with Crippen molar-refractivity contribution < 1.29 is 9.53 Å². The number of nitrogens with zero attached hydrogens (tertiary/aromatic N) is 3. The summed E-state index contributed by atoms with van der Waals surface area (Å²) in [6, 6.07) is 2.31. The van der Waals surface area contributed by atoms with Gasteiger partial charge in [0, 0.05) is 55.5 Å². The number of carbonyl (C=O) groups excluding carboxylic acids is 1. The van der Waals surface area contributed by atoms with Gasteiger partial charge in [-0.15, -0.1) is 11.3 Å². The van der Waals surface area contributed by atoms with Gasteiger partial charge in [0.2, 0.25) is 5.91 Å². The molecular weight excluding hydrogens is 360 g/mol. The second-order valence-electron chi connectivity index (χ2n) is 6.85. The van der Waals surface area contributed by atoms with Gasteiger partial charge in [-0.05, 0) is 13.0 Å². The SMILES string of the molecule is CC(=O)Nc1ncc(CN2C[C@@]3(Cc4cc(Cl)ncc4O3)C[C@@H]2C)s1. The number of rotatable bonds is 3. The molecule has 4 rings (SSSR count). The van der Waals surface area contributed by atoms with Crippen LogP contribution in [-0.2, 0) is 17.8 Å². The van der Waals surface area contributed by atoms with Crippen molar-refractivity contribution >= 4 is 34.0 Å². The van der Waals surface area contributed by atoms with E-state index in [1.807, 2.05) is 12.3 Å². The lowest BCUT2D eigenvalue weighted by Crippen LogP contribution is -2.37. The third kappa shape index (κ3) is 3.36. The quantitative estimate of drug-likeness (QED) is 0.831. The summed E-state index contributed by atoms with van der Waals surface area (Å²) in [5.41, 5.74) is 0.944. The second kappa shape index (κ2) is 6.23. The first-order valence-corrected chi connectivity index (χ1v) is 9.42. The number of aromatic nitrogens is 2. The molecule has 6 nitrogen and oxygen atoms in total. The molecule has 1 spiro atoms. The number of thiazole rings is 1. The number of hydrogen-bond donors (Lipinski definition) is 1. The maximum atomic E-state index is 11.1. The molecule has 8 heteroatoms. The Kier molecular flexibility index (Phi) is 4.17. The summed E-state index contributed by atoms with van der Waals surface area (Å²) >= 11 is 7.53. The Bertz CT molecular complexity index is 827. The summed E-state index contributed by atoms with van der Waals surface area (Å²) in [6.45, 7) is 5.37. The number of pyridine rings is 1. The molecule has 0 bridgehead atoms. The molecule has 2 aliphatic heterocycles. The molecule has 1 fully saturated rings. The van der Waals surface area contributed by atoms with E-state index >= 15 is 0 Å². The molecule has 2 atom stereocenters. The minimum Gasteiger partial charge on any atom is -0.484 e. The Balaban J connectivity index is 1.45. The van der Waals surface area contributed by atoms with Crippen LogP contribution in [0, 0.1) is 0 Å². The van der Waals surface area contributed by atoms with Crippen LogP contribution < -0.4 is 10.1 Å². The molecule has 2 aromatic rings. The van der Waals surface area contributed by atoms with Crippen LogP contribution in [-0.4, -0.2) is 39.0 Å². The number of anilines is 1. The van der Waals surface area contributed by atoms with Crippen LogP contribution in [0.3, 0.4) is 0 Å². The van der Waals surface area contributed by atoms with E-state index in [1.165, 1.54) is 18.3 Å². The van der Waals surface area contributed by atoms with Gasteiger partial charge in [-0.1, -0.05) is 11.6 Å². The number of hydrogen-bond acceptors (Lipinski definition) is 6. The van der Waals surface area contributed by atoms with Gasteiger partial charge < -0.3 is 10.1 Å². The maximum Gasteiger partial charge on any atom is 0.223 e. The van der Waals surface area contributed by atoms with Crippen LogP contribution in [0.15, 0.2) is 18.5 Å². The van der Waals surface area contributed by atoms with Crippen LogP contribution in [0.1, 0.15) is 30.7 Å². The van der Waals surface area contributed by atoms with E-state index in [0.717, 1.165) is 42.1 Å². The fourth-order valence-electron chi connectivity index (χ4n) is 3.76. The highest BCUT2D eigenvalue weighted by atomic mass is 35.5. The van der Waals surface area contributed by atoms with Crippen molar-refractivity contribution in [3.05, 3.63) is 34.1 Å². The fourth-order valence-corrected chi connectivity index (χ4v) is 4.83. The Hall–Kier alpha value is -1.70. The second-order valence-corrected chi connectivity index (χ2v) is 8.35. The van der Waals surface area contributed by atoms with Crippen LogP contribution >= 0.6 is 22.9 Å². The van der Waals surface area contributed by atoms with Gasteiger partial charge in [-0.3, -0.25) is 9.69 Å². The lowest BCUT2D eigenvalue weighted by Gasteiger charge is -2.23. The van der Waals surface area contributed by atoms with Gasteiger partial charge >= 0.3 is 0 Å². The molecule has 0 radical (unpaired) electrons. The third-order valence-electron chi connectivity index (χ3n) is 4.73. The maximum absolute atomic E-state index is 11.1. The van der Waals surface area contributed by atoms with Crippen molar-refractivity contribution in [1.82, 2.24) is 14.9 Å². The third-order valence-corrected chi connectivity index (χ3v) is 5.84. The molecule has 0 aromatic carbocycles. The van der Waals surface area contributed by atoms with Gasteiger partial charge in [-0.2, -0.15) is 0 Å². The fraction of sp³-hybridized carbons (Fsp3) is 0.471. The van der Waals surface area contributed by atoms with Crippen molar-refractivity contribution in [1.29, 1.82) is 0 Å². The average molecular weight is 379 g/mol. The van der Waals surface area contributed by atoms with Gasteiger partial charge in [0.25, 0.3) is 0 Å². The van der Waals surface area contributed by atoms with Crippen LogP contribution in [0.2, 0.25) is 5.15 Å². The predicted molar refractivity (Wildman–Crippen MR) is 97.2 cm³/mol. The minimum atomic E-state index is -0.195. The number of nitrogens with one attached hydrogen (secondary N) is 1. The van der Waals surface area contributed by atoms with Crippen molar-refractivity contribution in [2.45, 2.75) is 44.9 Å². The average Bonchev–Trinajstić information content (AvgIpc) is 3.17. The predicted octanol–water partition coefficient (Wildman–Crippen LogP) is 3.12. The van der Waals surface area contributed by atoms with E-state index in [2.05, 4.69) is 27.1 Å². The molecule has 2 aliphatic rings. The molecular formula is C17H19ClN4O2S. The highest BCUT2D eigenvalue weighted by Crippen LogP contribution is 2.43. The van der Waals surface area contributed by atoms with Gasteiger partial charge in [-0.25, -0.2) is 9.97 Å². The standard InChI is InChI=1S/C17H19ClN4O2S/c1-10-4-17(5-12-3-15(18)19-7-14(12)24-17)9-22(10)8-13-6-20-16(25-13)21-11(2)23/h3,6-7,10H,4-5,8-9H2,1-2H3,(H,20,21,23)/t10-,17-/m0/s1. The largest absolute Gasteiger partial charge is 0.484 e. The van der Waals surface area contributed by atoms with Crippen molar-refractivity contribution in [2.75, 3.05) is 11.9 Å². The summed E-state index contributed by atoms with van der Waals surface area (Å²) in [4.78, 5) is 23.1. The molecule has 25 heavy (non-hydrogen) atoms. The Morgan fingerprint density at radius 3 is 3.16 bits per heavy atom. The summed E-state index contributed by atoms with van der Waals surface area (Å²) in [6.07, 6.45) is 5.39. The van der Waals surface area contributed by atoms with E-state index < -0.39 is 0 Å². The van der Waals surface area contributed by atoms with Crippen molar-refractivity contribution in [3.8, 4) is 5.75 Å². The van der Waals surface area contributed by atoms with E-state index in [4.69, 9.17) is 16.3 Å². The first-order valence-electron chi connectivity index (χ1n) is 8.22. The highest BCUT2D eigenvalue weighted by molar-refractivity contribution is 7.15. The van der Waals surface area contributed by atoms with Crippen LogP contribution in [0.5, 0.6) is 5.75 Å². The monoisotopic (exact) mass is 378 g/mol. The smallest absolute Gasteiger partial charge is 0.223 e. The summed E-state index contributed by atoms with van der Waals surface area (Å²) < 4.78 is 6.27. The van der Waals surface area contributed by atoms with Crippen molar-refractivity contribution in [2.24, 2.45) is 0 Å². The lowest BCUT2D eigenvalue weighted by molar-refractivity contribution is -0.114. The number of likely N-dealkylation sites (tertiary alicyclic amines) is 1. The number of ether oxygens (including phenoxy) is 1.